The number of carbonyl (C=O) groups is 12. The smallest absolute Gasteiger partial charge is 0.407 e. The van der Waals surface area contributed by atoms with Gasteiger partial charge in [-0.05, 0) is 184 Å². The molecule has 5 atom stereocenters. The number of nitrogens with one attached hydrogen (secondary N) is 4. The summed E-state index contributed by atoms with van der Waals surface area (Å²) in [6, 6.07) is 17.8. The highest BCUT2D eigenvalue weighted by Gasteiger charge is 2.33. The molecule has 0 saturated heterocycles. The third-order valence-electron chi connectivity index (χ3n) is 14.7. The Labute approximate surface area is 715 Å². The number of aliphatic hydroxyl groups is 1. The van der Waals surface area contributed by atoms with E-state index in [1.54, 1.807) is 104 Å². The number of aliphatic carboxylic acids is 1. The fourth-order valence-corrected chi connectivity index (χ4v) is 11.7. The molecule has 0 bridgehead atoms. The monoisotopic (exact) mass is 1810 g/mol. The van der Waals surface area contributed by atoms with Gasteiger partial charge in [-0.3, -0.25) is 19.2 Å². The molecule has 678 valence electrons. The molecular formula is C83H148BrN5O25Si4. The lowest BCUT2D eigenvalue weighted by Crippen LogP contribution is -2.45. The summed E-state index contributed by atoms with van der Waals surface area (Å²) in [5, 5.41) is 28.5. The molecule has 0 unspecified atom stereocenters. The largest absolute Gasteiger partial charge is 0.481 e. The van der Waals surface area contributed by atoms with Crippen molar-refractivity contribution in [2.24, 2.45) is 5.73 Å². The second kappa shape index (κ2) is 57.0. The topological polar surface area (TPSA) is 421 Å². The van der Waals surface area contributed by atoms with Crippen molar-refractivity contribution in [2.75, 3.05) is 38.4 Å². The normalized spacial score (nSPS) is 13.0. The van der Waals surface area contributed by atoms with Crippen LogP contribution in [0, 0.1) is 0 Å². The van der Waals surface area contributed by atoms with Gasteiger partial charge < -0.3 is 89.3 Å². The maximum Gasteiger partial charge on any atom is 0.407 e. The number of halogens is 1. The summed E-state index contributed by atoms with van der Waals surface area (Å²) in [6.45, 7) is 54.2. The summed E-state index contributed by atoms with van der Waals surface area (Å²) in [6.07, 6.45) is -0.572. The van der Waals surface area contributed by atoms with E-state index in [0.29, 0.717) is 39.1 Å². The van der Waals surface area contributed by atoms with Gasteiger partial charge in [-0.1, -0.05) is 155 Å². The Bertz CT molecular complexity index is 3230. The number of benzene rings is 2. The highest BCUT2D eigenvalue weighted by Crippen LogP contribution is 2.19. The van der Waals surface area contributed by atoms with Crippen molar-refractivity contribution >= 4 is 120 Å². The lowest BCUT2D eigenvalue weighted by atomic mass is 10.1. The second-order valence-corrected chi connectivity index (χ2v) is 61.1. The quantitative estimate of drug-likeness (QED) is 0.0141. The molecule has 0 spiro atoms. The Morgan fingerprint density at radius 2 is 0.610 bits per heavy atom. The van der Waals surface area contributed by atoms with Gasteiger partial charge in [-0.15, -0.1) is 0 Å². The number of alkyl carbamates (subject to hydrolysis) is 4. The van der Waals surface area contributed by atoms with E-state index in [0.717, 1.165) is 47.1 Å². The number of esters is 7. The highest BCUT2D eigenvalue weighted by atomic mass is 79.9. The van der Waals surface area contributed by atoms with Gasteiger partial charge in [0.25, 0.3) is 0 Å². The van der Waals surface area contributed by atoms with Crippen LogP contribution in [0.5, 0.6) is 0 Å². The zero-order chi connectivity index (χ0) is 91.7. The molecule has 2 aromatic rings. The van der Waals surface area contributed by atoms with E-state index in [1.807, 2.05) is 60.7 Å². The number of hydrogen-bond donors (Lipinski definition) is 7. The average molecular weight is 1810 g/mol. The summed E-state index contributed by atoms with van der Waals surface area (Å²) in [5.41, 5.74) is 4.27. The summed E-state index contributed by atoms with van der Waals surface area (Å²) in [5.74, 6) is -4.59. The first-order valence-corrected chi connectivity index (χ1v) is 56.2. The van der Waals surface area contributed by atoms with Crippen LogP contribution in [-0.4, -0.2) is 211 Å². The van der Waals surface area contributed by atoms with Crippen LogP contribution in [0.3, 0.4) is 0 Å². The number of carboxylic acids is 1. The lowest BCUT2D eigenvalue weighted by Gasteiger charge is -2.24. The van der Waals surface area contributed by atoms with Crippen LogP contribution in [0.2, 0.25) is 103 Å². The first-order valence-electron chi connectivity index (χ1n) is 40.2. The van der Waals surface area contributed by atoms with Gasteiger partial charge in [0, 0.05) is 63.5 Å². The van der Waals surface area contributed by atoms with Crippen molar-refractivity contribution in [3.05, 3.63) is 71.8 Å². The van der Waals surface area contributed by atoms with Crippen LogP contribution in [0.1, 0.15) is 179 Å². The molecule has 30 nitrogen and oxygen atoms in total. The number of rotatable bonds is 40. The number of hydrogen-bond acceptors (Lipinski definition) is 25. The molecule has 0 aliphatic carbocycles. The number of aliphatic hydroxyl groups excluding tert-OH is 1. The number of carbonyl (C=O) groups excluding carboxylic acids is 11. The van der Waals surface area contributed by atoms with Crippen molar-refractivity contribution < 1.29 is 120 Å². The molecule has 0 saturated carbocycles. The molecule has 2 rings (SSSR count). The molecule has 4 amide bonds. The standard InChI is InChI=1S/C22H35NO6Si.C16H23NO4.C15H30BrNO4Si.C15H29NO6Si.C15H31NO5Si/c1-22(2,3)29-20(25)18(23-21(26)27-14-15-30(4,5)6)12-13-19(24)28-16-17-10-8-7-9-11-17;1-16(2,3)21-15(19)13(17)9-10-14(18)20-11-12-7-5-4-6-8-12;1-15(2,3)21-13(18)12(8-7-9-16)17-14(19)20-10-11-22(4,5)6;1-15(2,3)22-13(19)11(7-8-12(17)18)16-14(20)21-9-10-23(4,5)6;1-15(2,3)21-13(18)12(8-7-9-17)16-14(19)20-10-11-22(4,5)6/h7-11,18H,12-16H2,1-6H3,(H,23,26);4-8,13H,9-11,17H2,1-3H3;12H,7-11H2,1-6H3,(H,17,19);11H,7-10H2,1-6H3,(H,16,20)(H,17,18);12,17H,7-11H2,1-6H3,(H,16,19)/t18-;13-;12-;11-;12-/m00000/s1. The molecule has 0 aromatic heterocycles. The Hall–Kier alpha value is -7.45. The Morgan fingerprint density at radius 3 is 0.856 bits per heavy atom. The summed E-state index contributed by atoms with van der Waals surface area (Å²) in [7, 11) is -5.17. The Balaban J connectivity index is -0.00000141. The van der Waals surface area contributed by atoms with Crippen molar-refractivity contribution in [2.45, 2.75) is 342 Å². The van der Waals surface area contributed by atoms with Gasteiger partial charge in [-0.25, -0.2) is 38.4 Å². The van der Waals surface area contributed by atoms with Crippen LogP contribution >= 0.6 is 15.9 Å². The first-order chi connectivity index (χ1) is 53.8. The highest BCUT2D eigenvalue weighted by molar-refractivity contribution is 9.09. The fraction of sp³-hybridized carbons (Fsp3) is 0.711. The maximum absolute atomic E-state index is 12.5. The third-order valence-corrected chi connectivity index (χ3v) is 22.1. The van der Waals surface area contributed by atoms with Crippen LogP contribution in [0.15, 0.2) is 60.7 Å². The zero-order valence-electron chi connectivity index (χ0n) is 76.0. The lowest BCUT2D eigenvalue weighted by molar-refractivity contribution is -0.159. The SMILES string of the molecule is CC(C)(C)OC(=O)[C@@H](N)CCC(=O)OCc1ccccc1.CC(C)(C)OC(=O)[C@H](CCC(=O)O)NC(=O)OCC[Si](C)(C)C.CC(C)(C)OC(=O)[C@H](CCC(=O)OCc1ccccc1)NC(=O)OCC[Si](C)(C)C.CC(C)(C)OC(=O)[C@H](CCCBr)NC(=O)OCC[Si](C)(C)C.CC(C)(C)OC(=O)[C@H](CCCO)NC(=O)OCC[Si](C)(C)C. The molecule has 0 fully saturated rings. The fourth-order valence-electron chi connectivity index (χ4n) is 8.52. The minimum Gasteiger partial charge on any atom is -0.481 e. The predicted molar refractivity (Wildman–Crippen MR) is 470 cm³/mol. The van der Waals surface area contributed by atoms with E-state index in [-0.39, 0.29) is 70.9 Å². The van der Waals surface area contributed by atoms with E-state index < -0.39 is 157 Å². The van der Waals surface area contributed by atoms with Gasteiger partial charge in [0.2, 0.25) is 0 Å². The molecule has 8 N–H and O–H groups in total. The van der Waals surface area contributed by atoms with Crippen LogP contribution < -0.4 is 27.0 Å². The average Bonchev–Trinajstić information content (AvgIpc) is 0.924. The maximum atomic E-state index is 12.5. The van der Waals surface area contributed by atoms with E-state index in [9.17, 15) is 57.5 Å². The zero-order valence-corrected chi connectivity index (χ0v) is 81.5. The van der Waals surface area contributed by atoms with Gasteiger partial charge >= 0.3 is 72.1 Å². The third kappa shape index (κ3) is 73.7. The van der Waals surface area contributed by atoms with E-state index in [2.05, 4.69) is 116 Å². The van der Waals surface area contributed by atoms with Crippen LogP contribution in [0.25, 0.3) is 0 Å². The Kier molecular flexibility index (Phi) is 55.4. The summed E-state index contributed by atoms with van der Waals surface area (Å²) >= 11 is 3.33. The van der Waals surface area contributed by atoms with E-state index in [1.165, 1.54) is 0 Å². The van der Waals surface area contributed by atoms with Crippen molar-refractivity contribution in [1.29, 1.82) is 0 Å². The van der Waals surface area contributed by atoms with Gasteiger partial charge in [0.05, 0.1) is 26.4 Å². The van der Waals surface area contributed by atoms with E-state index >= 15 is 0 Å². The molecule has 0 aliphatic heterocycles. The molecule has 0 radical (unpaired) electrons. The van der Waals surface area contributed by atoms with Gasteiger partial charge in [-0.2, -0.15) is 0 Å². The van der Waals surface area contributed by atoms with E-state index in [4.69, 9.17) is 68.1 Å². The molecule has 35 heteroatoms. The van der Waals surface area contributed by atoms with Gasteiger partial charge in [0.1, 0.15) is 71.4 Å². The number of carboxylic acid groups (broad SMARTS) is 1. The molecule has 2 aromatic carbocycles. The first kappa shape index (κ1) is 115. The number of nitrogens with two attached hydrogens (primary N) is 1. The molecular weight excluding hydrogens is 1660 g/mol. The minimum absolute atomic E-state index is 0.0358. The van der Waals surface area contributed by atoms with Crippen LogP contribution in [-0.2, 0) is 104 Å². The summed E-state index contributed by atoms with van der Waals surface area (Å²) < 4.78 is 57.2. The molecule has 0 aliphatic rings. The number of ether oxygens (including phenoxy) is 11. The predicted octanol–water partition coefficient (Wildman–Crippen LogP) is 15.6. The second-order valence-electron chi connectivity index (χ2n) is 37.8. The minimum atomic E-state index is -1.34. The summed E-state index contributed by atoms with van der Waals surface area (Å²) in [4.78, 5) is 142. The Morgan fingerprint density at radius 1 is 0.364 bits per heavy atom. The molecule has 118 heavy (non-hydrogen) atoms. The van der Waals surface area contributed by atoms with Crippen molar-refractivity contribution in [1.82, 2.24) is 21.3 Å². The molecule has 0 heterocycles. The number of alkyl halides is 1. The van der Waals surface area contributed by atoms with Crippen molar-refractivity contribution in [3.63, 3.8) is 0 Å². The number of amides is 4. The van der Waals surface area contributed by atoms with Gasteiger partial charge in [0.15, 0.2) is 0 Å². The van der Waals surface area contributed by atoms with Crippen molar-refractivity contribution in [3.8, 4) is 0 Å². The van der Waals surface area contributed by atoms with Crippen LogP contribution in [0.4, 0.5) is 19.2 Å².